The average Bonchev–Trinajstić information content (AvgIpc) is 2.07. The van der Waals surface area contributed by atoms with Crippen LogP contribution in [-0.2, 0) is 4.79 Å². The van der Waals surface area contributed by atoms with Gasteiger partial charge in [0, 0.05) is 13.5 Å². The summed E-state index contributed by atoms with van der Waals surface area (Å²) < 4.78 is 0. The topological polar surface area (TPSA) is 29.1 Å². The molecule has 0 aromatic heterocycles. The van der Waals surface area contributed by atoms with Crippen molar-refractivity contribution in [2.75, 3.05) is 6.54 Å². The zero-order valence-corrected chi connectivity index (χ0v) is 6.76. The third-order valence-corrected chi connectivity index (χ3v) is 1.59. The van der Waals surface area contributed by atoms with E-state index >= 15 is 0 Å². The van der Waals surface area contributed by atoms with Gasteiger partial charge in [-0.15, -0.1) is 0 Å². The lowest BCUT2D eigenvalue weighted by Crippen LogP contribution is -2.24. The van der Waals surface area contributed by atoms with E-state index in [1.807, 2.05) is 25.2 Å². The Morgan fingerprint density at radius 3 is 3.09 bits per heavy atom. The van der Waals surface area contributed by atoms with Crippen molar-refractivity contribution >= 4 is 5.91 Å². The maximum atomic E-state index is 11.2. The highest BCUT2D eigenvalue weighted by Gasteiger charge is 2.05. The molecule has 62 valence electrons. The fraction of sp³-hybridized carbons (Fsp3) is 0.444. The second-order valence-corrected chi connectivity index (χ2v) is 2.50. The predicted molar refractivity (Wildman–Crippen MR) is 47.3 cm³/mol. The zero-order valence-electron chi connectivity index (χ0n) is 6.76. The van der Waals surface area contributed by atoms with Gasteiger partial charge in [0.15, 0.2) is 0 Å². The monoisotopic (exact) mass is 153 g/mol. The lowest BCUT2D eigenvalue weighted by atomic mass is 10.1. The Labute approximate surface area is 68.5 Å². The van der Waals surface area contributed by atoms with E-state index in [2.05, 4.69) is 5.32 Å². The second kappa shape index (κ2) is 3.96. The van der Waals surface area contributed by atoms with E-state index in [-0.39, 0.29) is 7.33 Å². The van der Waals surface area contributed by atoms with Crippen molar-refractivity contribution in [2.24, 2.45) is 0 Å². The first-order chi connectivity index (χ1) is 5.34. The molecule has 0 spiro atoms. The Morgan fingerprint density at radius 1 is 1.73 bits per heavy atom. The summed E-state index contributed by atoms with van der Waals surface area (Å²) in [6.07, 6.45) is 7.94. The van der Waals surface area contributed by atoms with Crippen LogP contribution in [0.5, 0.6) is 0 Å². The smallest absolute Gasteiger partial charge is 0.250 e. The fourth-order valence-electron chi connectivity index (χ4n) is 1.04. The molecule has 0 unspecified atom stereocenters. The number of rotatable bonds is 2. The third kappa shape index (κ3) is 2.22. The quantitative estimate of drug-likeness (QED) is 0.642. The number of nitrogens with one attached hydrogen (secondary N) is 1. The molecule has 0 aromatic rings. The van der Waals surface area contributed by atoms with Crippen molar-refractivity contribution in [1.82, 2.24) is 5.32 Å². The zero-order chi connectivity index (χ0) is 8.10. The number of hydrogen-bond donors (Lipinski definition) is 1. The van der Waals surface area contributed by atoms with Crippen LogP contribution in [0.15, 0.2) is 23.8 Å². The van der Waals surface area contributed by atoms with E-state index in [1.54, 1.807) is 0 Å². The summed E-state index contributed by atoms with van der Waals surface area (Å²) in [5.74, 6) is 0.0449. The van der Waals surface area contributed by atoms with Crippen LogP contribution in [0.1, 0.15) is 21.2 Å². The van der Waals surface area contributed by atoms with E-state index in [1.165, 1.54) is 0 Å². The Hall–Kier alpha value is -1.05. The van der Waals surface area contributed by atoms with Crippen LogP contribution in [0, 0.1) is 0 Å². The lowest BCUT2D eigenvalue weighted by molar-refractivity contribution is -0.117. The average molecular weight is 153 g/mol. The third-order valence-electron chi connectivity index (χ3n) is 1.59. The second-order valence-electron chi connectivity index (χ2n) is 2.50. The number of carbonyl (C=O) groups excluding carboxylic acids is 1. The molecule has 1 aliphatic rings. The minimum absolute atomic E-state index is 0. The van der Waals surface area contributed by atoms with Gasteiger partial charge < -0.3 is 5.32 Å². The molecule has 0 saturated carbocycles. The molecule has 0 atom stereocenters. The van der Waals surface area contributed by atoms with E-state index in [4.69, 9.17) is 0 Å². The first-order valence-corrected chi connectivity index (χ1v) is 3.99. The number of allylic oxidation sites excluding steroid dienone is 2. The molecule has 0 radical (unpaired) electrons. The molecule has 0 aromatic carbocycles. The van der Waals surface area contributed by atoms with Gasteiger partial charge in [-0.05, 0) is 19.8 Å². The highest BCUT2D eigenvalue weighted by molar-refractivity contribution is 5.96. The molecule has 1 N–H and O–H groups in total. The van der Waals surface area contributed by atoms with Crippen LogP contribution in [0.4, 0.5) is 0 Å². The Kier molecular flexibility index (Phi) is 2.90. The number of carbonyl (C=O) groups is 1. The van der Waals surface area contributed by atoms with E-state index < -0.39 is 0 Å². The summed E-state index contributed by atoms with van der Waals surface area (Å²) in [5, 5.41) is 2.76. The minimum Gasteiger partial charge on any atom is -0.352 e. The van der Waals surface area contributed by atoms with Gasteiger partial charge in [-0.25, -0.2) is 0 Å². The number of hydrogen-bond acceptors (Lipinski definition) is 1. The highest BCUT2D eigenvalue weighted by Crippen LogP contribution is 2.08. The molecule has 1 rings (SSSR count). The first-order valence-electron chi connectivity index (χ1n) is 3.99. The van der Waals surface area contributed by atoms with E-state index in [0.29, 0.717) is 6.54 Å². The predicted octanol–water partition coefficient (Wildman–Crippen LogP) is 1.64. The Balaban J connectivity index is 0.00000121. The van der Waals surface area contributed by atoms with Crippen molar-refractivity contribution in [3.63, 3.8) is 0 Å². The largest absolute Gasteiger partial charge is 0.352 e. The van der Waals surface area contributed by atoms with Crippen LogP contribution in [-0.4, -0.2) is 12.5 Å². The molecule has 0 heterocycles. The Bertz CT molecular complexity index is 209. The molecule has 0 aliphatic heterocycles. The molecule has 2 heteroatoms. The summed E-state index contributed by atoms with van der Waals surface area (Å²) >= 11 is 0. The van der Waals surface area contributed by atoms with Crippen molar-refractivity contribution in [3.05, 3.63) is 23.8 Å². The normalized spacial score (nSPS) is 15.9. The van der Waals surface area contributed by atoms with Gasteiger partial charge in [-0.2, -0.15) is 0 Å². The van der Waals surface area contributed by atoms with Gasteiger partial charge >= 0.3 is 0 Å². The van der Waals surface area contributed by atoms with E-state index in [9.17, 15) is 4.79 Å². The van der Waals surface area contributed by atoms with Crippen LogP contribution in [0.25, 0.3) is 0 Å². The van der Waals surface area contributed by atoms with Gasteiger partial charge in [0.2, 0.25) is 0 Å². The first kappa shape index (κ1) is 8.05. The highest BCUT2D eigenvalue weighted by atomic mass is 16.1. The van der Waals surface area contributed by atoms with Crippen molar-refractivity contribution in [3.8, 4) is 0 Å². The van der Waals surface area contributed by atoms with Crippen LogP contribution >= 0.6 is 0 Å². The summed E-state index contributed by atoms with van der Waals surface area (Å²) in [4.78, 5) is 11.2. The van der Waals surface area contributed by atoms with Gasteiger partial charge in [0.05, 0.1) is 0 Å². The number of likely N-dealkylation sites (N-methyl/N-ethyl adjacent to an activating group) is 1. The maximum Gasteiger partial charge on any atom is 0.250 e. The van der Waals surface area contributed by atoms with Crippen molar-refractivity contribution < 1.29 is 6.22 Å². The van der Waals surface area contributed by atoms with Crippen LogP contribution < -0.4 is 5.32 Å². The molecular formula is C9H15NO. The minimum atomic E-state index is 0. The SMILES string of the molecule is CCNC(=O)C1=CCCC=C1.[HH]. The van der Waals surface area contributed by atoms with Crippen molar-refractivity contribution in [1.29, 1.82) is 0 Å². The van der Waals surface area contributed by atoms with Crippen LogP contribution in [0.3, 0.4) is 0 Å². The van der Waals surface area contributed by atoms with Gasteiger partial charge in [0.25, 0.3) is 5.91 Å². The van der Waals surface area contributed by atoms with Crippen LogP contribution in [0.2, 0.25) is 0 Å². The maximum absolute atomic E-state index is 11.2. The molecule has 0 fully saturated rings. The van der Waals surface area contributed by atoms with E-state index in [0.717, 1.165) is 18.4 Å². The fourth-order valence-corrected chi connectivity index (χ4v) is 1.04. The van der Waals surface area contributed by atoms with Gasteiger partial charge in [-0.1, -0.05) is 18.2 Å². The summed E-state index contributed by atoms with van der Waals surface area (Å²) in [6, 6.07) is 0. The standard InChI is InChI=1S/C9H13NO.H2/c1-2-10-9(11)8-6-4-3-5-7-8;/h4,6-7H,2-3,5H2,1H3,(H,10,11);1H. The van der Waals surface area contributed by atoms with Gasteiger partial charge in [0.1, 0.15) is 0 Å². The lowest BCUT2D eigenvalue weighted by Gasteiger charge is -2.05. The summed E-state index contributed by atoms with van der Waals surface area (Å²) in [5.41, 5.74) is 0.804. The molecular weight excluding hydrogens is 138 g/mol. The molecule has 1 amide bonds. The Morgan fingerprint density at radius 2 is 2.55 bits per heavy atom. The molecule has 2 nitrogen and oxygen atoms in total. The van der Waals surface area contributed by atoms with Gasteiger partial charge in [-0.3, -0.25) is 4.79 Å². The summed E-state index contributed by atoms with van der Waals surface area (Å²) in [6.45, 7) is 2.62. The summed E-state index contributed by atoms with van der Waals surface area (Å²) in [7, 11) is 0. The number of amides is 1. The molecule has 0 bridgehead atoms. The molecule has 1 aliphatic carbocycles. The molecule has 0 saturated heterocycles. The van der Waals surface area contributed by atoms with Crippen molar-refractivity contribution in [2.45, 2.75) is 19.8 Å². The molecule has 11 heavy (non-hydrogen) atoms.